The van der Waals surface area contributed by atoms with E-state index >= 15 is 0 Å². The van der Waals surface area contributed by atoms with Crippen molar-refractivity contribution in [1.29, 1.82) is 0 Å². The zero-order valence-electron chi connectivity index (χ0n) is 10.7. The Balaban J connectivity index is 1.41. The number of rotatable bonds is 3. The van der Waals surface area contributed by atoms with Crippen molar-refractivity contribution < 1.29 is 18.8 Å². The third kappa shape index (κ3) is 2.69. The van der Waals surface area contributed by atoms with E-state index in [1.54, 1.807) is 11.8 Å². The van der Waals surface area contributed by atoms with Crippen molar-refractivity contribution >= 4 is 6.03 Å². The van der Waals surface area contributed by atoms with Crippen molar-refractivity contribution in [1.82, 2.24) is 20.4 Å². The van der Waals surface area contributed by atoms with Gasteiger partial charge in [0.2, 0.25) is 5.89 Å². The number of ether oxygens (including phenoxy) is 2. The molecule has 1 aromatic rings. The average molecular weight is 268 g/mol. The molecule has 0 bridgehead atoms. The number of aryl methyl sites for hydroxylation is 1. The Morgan fingerprint density at radius 3 is 2.79 bits per heavy atom. The Bertz CT molecular complexity index is 451. The molecule has 0 aromatic carbocycles. The predicted octanol–water partition coefficient (Wildman–Crippen LogP) is -0.140. The fourth-order valence-corrected chi connectivity index (χ4v) is 2.10. The zero-order chi connectivity index (χ0) is 13.2. The van der Waals surface area contributed by atoms with Crippen LogP contribution in [-0.2, 0) is 9.47 Å². The van der Waals surface area contributed by atoms with E-state index in [0.29, 0.717) is 44.6 Å². The Labute approximate surface area is 110 Å². The smallest absolute Gasteiger partial charge is 0.317 e. The summed E-state index contributed by atoms with van der Waals surface area (Å²) >= 11 is 0. The van der Waals surface area contributed by atoms with Crippen LogP contribution in [-0.4, -0.2) is 60.2 Å². The number of likely N-dealkylation sites (tertiary alicyclic amines) is 1. The van der Waals surface area contributed by atoms with E-state index in [0.717, 1.165) is 0 Å². The van der Waals surface area contributed by atoms with Crippen LogP contribution in [0.2, 0.25) is 0 Å². The minimum atomic E-state index is -0.319. The fourth-order valence-electron chi connectivity index (χ4n) is 2.10. The molecule has 0 radical (unpaired) electrons. The standard InChI is InChI=1S/C11H16N4O4/c1-7-13-10(14-19-7)8-5-15(6-8)11(16)12-4-9-17-2-3-18-9/h8-9H,2-6H2,1H3,(H,12,16). The molecule has 0 unspecified atom stereocenters. The van der Waals surface area contributed by atoms with Crippen LogP contribution in [0.25, 0.3) is 0 Å². The first-order chi connectivity index (χ1) is 9.22. The molecule has 0 spiro atoms. The molecule has 2 saturated heterocycles. The number of carbonyl (C=O) groups excluding carboxylic acids is 1. The average Bonchev–Trinajstić information content (AvgIpc) is 2.96. The first kappa shape index (κ1) is 12.4. The molecule has 2 aliphatic heterocycles. The molecule has 0 aliphatic carbocycles. The van der Waals surface area contributed by atoms with Crippen molar-refractivity contribution in [2.75, 3.05) is 32.8 Å². The molecule has 8 nitrogen and oxygen atoms in total. The lowest BCUT2D eigenvalue weighted by Gasteiger charge is -2.37. The number of hydrogen-bond donors (Lipinski definition) is 1. The fraction of sp³-hybridized carbons (Fsp3) is 0.727. The maximum absolute atomic E-state index is 11.8. The molecule has 1 N–H and O–H groups in total. The van der Waals surface area contributed by atoms with E-state index in [9.17, 15) is 4.79 Å². The van der Waals surface area contributed by atoms with Crippen molar-refractivity contribution in [3.05, 3.63) is 11.7 Å². The number of nitrogens with zero attached hydrogens (tertiary/aromatic N) is 3. The summed E-state index contributed by atoms with van der Waals surface area (Å²) in [5.41, 5.74) is 0. The number of nitrogens with one attached hydrogen (secondary N) is 1. The van der Waals surface area contributed by atoms with Crippen LogP contribution in [0.3, 0.4) is 0 Å². The quantitative estimate of drug-likeness (QED) is 0.820. The van der Waals surface area contributed by atoms with E-state index in [-0.39, 0.29) is 18.2 Å². The molecule has 2 aliphatic rings. The summed E-state index contributed by atoms with van der Waals surface area (Å²) in [6.07, 6.45) is -0.319. The van der Waals surface area contributed by atoms with Gasteiger partial charge in [0, 0.05) is 20.0 Å². The van der Waals surface area contributed by atoms with Gasteiger partial charge in [0.15, 0.2) is 12.1 Å². The highest BCUT2D eigenvalue weighted by Crippen LogP contribution is 2.24. The summed E-state index contributed by atoms with van der Waals surface area (Å²) in [6, 6.07) is -0.115. The van der Waals surface area contributed by atoms with Gasteiger partial charge >= 0.3 is 6.03 Å². The molecule has 2 fully saturated rings. The second-order valence-electron chi connectivity index (χ2n) is 4.63. The van der Waals surface area contributed by atoms with E-state index in [1.807, 2.05) is 0 Å². The highest BCUT2D eigenvalue weighted by atomic mass is 16.7. The Morgan fingerprint density at radius 2 is 2.16 bits per heavy atom. The van der Waals surface area contributed by atoms with Gasteiger partial charge in [-0.1, -0.05) is 5.16 Å². The normalized spacial score (nSPS) is 20.6. The molecule has 2 amide bonds. The Hall–Kier alpha value is -1.67. The van der Waals surface area contributed by atoms with Gasteiger partial charge in [0.1, 0.15) is 0 Å². The summed E-state index contributed by atoms with van der Waals surface area (Å²) in [6.45, 7) is 4.52. The maximum atomic E-state index is 11.8. The first-order valence-corrected chi connectivity index (χ1v) is 6.28. The molecule has 0 saturated carbocycles. The minimum Gasteiger partial charge on any atom is -0.348 e. The maximum Gasteiger partial charge on any atom is 0.317 e. The molecule has 19 heavy (non-hydrogen) atoms. The van der Waals surface area contributed by atoms with Gasteiger partial charge in [-0.15, -0.1) is 0 Å². The molecular weight excluding hydrogens is 252 g/mol. The highest BCUT2D eigenvalue weighted by molar-refractivity contribution is 5.75. The van der Waals surface area contributed by atoms with Gasteiger partial charge in [-0.05, 0) is 0 Å². The van der Waals surface area contributed by atoms with Gasteiger partial charge in [-0.2, -0.15) is 4.98 Å². The van der Waals surface area contributed by atoms with E-state index in [4.69, 9.17) is 14.0 Å². The molecule has 3 heterocycles. The third-order valence-electron chi connectivity index (χ3n) is 3.19. The largest absolute Gasteiger partial charge is 0.348 e. The van der Waals surface area contributed by atoms with Crippen LogP contribution in [0.1, 0.15) is 17.6 Å². The Kier molecular flexibility index (Phi) is 3.34. The zero-order valence-corrected chi connectivity index (χ0v) is 10.7. The monoisotopic (exact) mass is 268 g/mol. The second kappa shape index (κ2) is 5.14. The lowest BCUT2D eigenvalue weighted by molar-refractivity contribution is -0.0381. The van der Waals surface area contributed by atoms with Crippen LogP contribution in [0.5, 0.6) is 0 Å². The van der Waals surface area contributed by atoms with E-state index in [1.165, 1.54) is 0 Å². The number of hydrogen-bond acceptors (Lipinski definition) is 6. The lowest BCUT2D eigenvalue weighted by atomic mass is 10.0. The number of urea groups is 1. The van der Waals surface area contributed by atoms with Gasteiger partial charge in [0.25, 0.3) is 0 Å². The third-order valence-corrected chi connectivity index (χ3v) is 3.19. The van der Waals surface area contributed by atoms with Crippen LogP contribution in [0.4, 0.5) is 4.79 Å². The number of carbonyl (C=O) groups is 1. The van der Waals surface area contributed by atoms with Crippen LogP contribution < -0.4 is 5.32 Å². The van der Waals surface area contributed by atoms with Crippen LogP contribution >= 0.6 is 0 Å². The molecule has 3 rings (SSSR count). The summed E-state index contributed by atoms with van der Waals surface area (Å²) in [5, 5.41) is 6.63. The molecule has 8 heteroatoms. The SMILES string of the molecule is Cc1nc(C2CN(C(=O)NCC3OCCO3)C2)no1. The van der Waals surface area contributed by atoms with Gasteiger partial charge < -0.3 is 24.2 Å². The molecule has 104 valence electrons. The molecule has 0 atom stereocenters. The molecular formula is C11H16N4O4. The van der Waals surface area contributed by atoms with Gasteiger partial charge in [-0.3, -0.25) is 0 Å². The van der Waals surface area contributed by atoms with E-state index < -0.39 is 0 Å². The number of amides is 2. The van der Waals surface area contributed by atoms with Crippen molar-refractivity contribution in [3.63, 3.8) is 0 Å². The minimum absolute atomic E-state index is 0.115. The molecule has 1 aromatic heterocycles. The summed E-state index contributed by atoms with van der Waals surface area (Å²) < 4.78 is 15.4. The van der Waals surface area contributed by atoms with E-state index in [2.05, 4.69) is 15.5 Å². The van der Waals surface area contributed by atoms with Crippen molar-refractivity contribution in [3.8, 4) is 0 Å². The van der Waals surface area contributed by atoms with Gasteiger partial charge in [-0.25, -0.2) is 4.79 Å². The lowest BCUT2D eigenvalue weighted by Crippen LogP contribution is -2.53. The number of aromatic nitrogens is 2. The van der Waals surface area contributed by atoms with Crippen molar-refractivity contribution in [2.45, 2.75) is 19.1 Å². The predicted molar refractivity (Wildman–Crippen MR) is 62.4 cm³/mol. The highest BCUT2D eigenvalue weighted by Gasteiger charge is 2.35. The topological polar surface area (TPSA) is 89.7 Å². The van der Waals surface area contributed by atoms with Gasteiger partial charge in [0.05, 0.1) is 25.7 Å². The van der Waals surface area contributed by atoms with Crippen LogP contribution in [0.15, 0.2) is 4.52 Å². The summed E-state index contributed by atoms with van der Waals surface area (Å²) in [4.78, 5) is 17.7. The first-order valence-electron chi connectivity index (χ1n) is 6.28. The van der Waals surface area contributed by atoms with Crippen molar-refractivity contribution in [2.24, 2.45) is 0 Å². The summed E-state index contributed by atoms with van der Waals surface area (Å²) in [7, 11) is 0. The second-order valence-corrected chi connectivity index (χ2v) is 4.63. The summed E-state index contributed by atoms with van der Waals surface area (Å²) in [5.74, 6) is 1.39. The van der Waals surface area contributed by atoms with Crippen LogP contribution in [0, 0.1) is 6.92 Å². The Morgan fingerprint density at radius 1 is 1.42 bits per heavy atom.